The Morgan fingerprint density at radius 3 is 1.76 bits per heavy atom. The Morgan fingerprint density at radius 2 is 1.18 bits per heavy atom. The monoisotopic (exact) mass is 436 g/mol. The summed E-state index contributed by atoms with van der Waals surface area (Å²) >= 11 is 0. The first-order valence-corrected chi connectivity index (χ1v) is 10.7. The largest absolute Gasteiger partial charge is 0.497 e. The highest BCUT2D eigenvalue weighted by Gasteiger charge is 2.17. The zero-order valence-corrected chi connectivity index (χ0v) is 18.5. The minimum atomic E-state index is -0.499. The molecule has 4 nitrogen and oxygen atoms in total. The third-order valence-corrected chi connectivity index (χ3v) is 5.51. The highest BCUT2D eigenvalue weighted by Crippen LogP contribution is 2.33. The number of rotatable bonds is 7. The molecule has 4 heteroatoms. The molecule has 0 aliphatic rings. The minimum absolute atomic E-state index is 0.0223. The Bertz CT molecular complexity index is 1240. The third kappa shape index (κ3) is 5.18. The van der Waals surface area contributed by atoms with Crippen LogP contribution >= 0.6 is 0 Å². The van der Waals surface area contributed by atoms with Gasteiger partial charge in [0.05, 0.1) is 12.7 Å². The Balaban J connectivity index is 1.59. The summed E-state index contributed by atoms with van der Waals surface area (Å²) in [6.45, 7) is 1.47. The molecule has 0 saturated heterocycles. The number of ketones is 1. The maximum absolute atomic E-state index is 12.6. The molecule has 4 aromatic carbocycles. The zero-order chi connectivity index (χ0) is 23.2. The van der Waals surface area contributed by atoms with Crippen molar-refractivity contribution in [3.8, 4) is 11.5 Å². The van der Waals surface area contributed by atoms with E-state index in [0.29, 0.717) is 16.9 Å². The molecule has 0 radical (unpaired) electrons. The second-order valence-corrected chi connectivity index (χ2v) is 7.71. The van der Waals surface area contributed by atoms with Gasteiger partial charge in [-0.25, -0.2) is 4.79 Å². The van der Waals surface area contributed by atoms with Crippen LogP contribution in [0.1, 0.15) is 50.2 Å². The van der Waals surface area contributed by atoms with E-state index < -0.39 is 5.97 Å². The van der Waals surface area contributed by atoms with Crippen LogP contribution in [0.15, 0.2) is 103 Å². The van der Waals surface area contributed by atoms with Gasteiger partial charge < -0.3 is 9.47 Å². The molecule has 4 rings (SSSR count). The van der Waals surface area contributed by atoms with Gasteiger partial charge in [-0.2, -0.15) is 0 Å². The van der Waals surface area contributed by atoms with Gasteiger partial charge in [0.1, 0.15) is 11.5 Å². The van der Waals surface area contributed by atoms with E-state index >= 15 is 0 Å². The van der Waals surface area contributed by atoms with Crippen molar-refractivity contribution in [3.63, 3.8) is 0 Å². The van der Waals surface area contributed by atoms with E-state index in [2.05, 4.69) is 24.3 Å². The van der Waals surface area contributed by atoms with Crippen molar-refractivity contribution < 1.29 is 19.1 Å². The lowest BCUT2D eigenvalue weighted by atomic mass is 9.85. The van der Waals surface area contributed by atoms with Crippen molar-refractivity contribution in [2.75, 3.05) is 7.11 Å². The third-order valence-electron chi connectivity index (χ3n) is 5.51. The van der Waals surface area contributed by atoms with E-state index in [1.807, 2.05) is 42.5 Å². The van der Waals surface area contributed by atoms with Gasteiger partial charge in [-0.1, -0.05) is 66.7 Å². The van der Waals surface area contributed by atoms with Gasteiger partial charge in [0, 0.05) is 11.5 Å². The van der Waals surface area contributed by atoms with E-state index in [4.69, 9.17) is 9.47 Å². The molecule has 0 bridgehead atoms. The molecule has 0 spiro atoms. The van der Waals surface area contributed by atoms with Crippen LogP contribution in [0.5, 0.6) is 11.5 Å². The van der Waals surface area contributed by atoms with Gasteiger partial charge in [0.25, 0.3) is 0 Å². The lowest BCUT2D eigenvalue weighted by molar-refractivity contribution is 0.0734. The summed E-state index contributed by atoms with van der Waals surface area (Å²) in [4.78, 5) is 24.2. The van der Waals surface area contributed by atoms with Gasteiger partial charge in [-0.05, 0) is 60.0 Å². The van der Waals surface area contributed by atoms with Crippen molar-refractivity contribution in [3.05, 3.63) is 131 Å². The summed E-state index contributed by atoms with van der Waals surface area (Å²) in [6, 6.07) is 32.4. The molecular weight excluding hydrogens is 412 g/mol. The number of carbonyl (C=O) groups excluding carboxylic acids is 2. The van der Waals surface area contributed by atoms with Crippen molar-refractivity contribution in [2.24, 2.45) is 0 Å². The predicted molar refractivity (Wildman–Crippen MR) is 128 cm³/mol. The normalized spacial score (nSPS) is 11.5. The van der Waals surface area contributed by atoms with Gasteiger partial charge in [0.15, 0.2) is 5.78 Å². The molecule has 0 N–H and O–H groups in total. The molecule has 33 heavy (non-hydrogen) atoms. The molecule has 0 saturated carbocycles. The van der Waals surface area contributed by atoms with Crippen LogP contribution in [0.3, 0.4) is 0 Å². The summed E-state index contributed by atoms with van der Waals surface area (Å²) in [6.07, 6.45) is 0. The molecule has 0 aliphatic carbocycles. The van der Waals surface area contributed by atoms with E-state index in [9.17, 15) is 9.59 Å². The van der Waals surface area contributed by atoms with Gasteiger partial charge >= 0.3 is 5.97 Å². The summed E-state index contributed by atoms with van der Waals surface area (Å²) in [5.74, 6) is 0.675. The van der Waals surface area contributed by atoms with Crippen molar-refractivity contribution >= 4 is 11.8 Å². The fourth-order valence-electron chi connectivity index (χ4n) is 3.78. The molecule has 0 aliphatic heterocycles. The number of carbonyl (C=O) groups is 2. The smallest absolute Gasteiger partial charge is 0.343 e. The molecular formula is C29H24O4. The summed E-state index contributed by atoms with van der Waals surface area (Å²) in [5, 5.41) is 0. The SMILES string of the molecule is COc1ccc(C(c2ccccc2)c2ccc(OC(=O)c3cccc(C(C)=O)c3)cc2)cc1. The molecule has 0 heterocycles. The van der Waals surface area contributed by atoms with Crippen molar-refractivity contribution in [2.45, 2.75) is 12.8 Å². The lowest BCUT2D eigenvalue weighted by Gasteiger charge is -2.19. The van der Waals surface area contributed by atoms with E-state index in [1.54, 1.807) is 43.5 Å². The Morgan fingerprint density at radius 1 is 0.636 bits per heavy atom. The topological polar surface area (TPSA) is 52.6 Å². The second-order valence-electron chi connectivity index (χ2n) is 7.71. The van der Waals surface area contributed by atoms with Crippen LogP contribution in [-0.4, -0.2) is 18.9 Å². The Labute approximate surface area is 193 Å². The van der Waals surface area contributed by atoms with E-state index in [-0.39, 0.29) is 11.7 Å². The number of benzene rings is 4. The quantitative estimate of drug-likeness (QED) is 0.148. The standard InChI is InChI=1S/C29H24O4/c1-20(30)24-9-6-10-25(19-24)29(31)33-27-17-13-23(14-18-27)28(21-7-4-3-5-8-21)22-11-15-26(32-2)16-12-22/h3-19,28H,1-2H3. The van der Waals surface area contributed by atoms with Gasteiger partial charge in [-0.3, -0.25) is 4.79 Å². The Hall–Kier alpha value is -4.18. The number of esters is 1. The molecule has 1 unspecified atom stereocenters. The fraction of sp³-hybridized carbons (Fsp3) is 0.103. The Kier molecular flexibility index (Phi) is 6.65. The van der Waals surface area contributed by atoms with Crippen molar-refractivity contribution in [1.82, 2.24) is 0 Å². The maximum atomic E-state index is 12.6. The second kappa shape index (κ2) is 9.96. The maximum Gasteiger partial charge on any atom is 0.343 e. The summed E-state index contributed by atoms with van der Waals surface area (Å²) < 4.78 is 10.8. The number of hydrogen-bond donors (Lipinski definition) is 0. The lowest BCUT2D eigenvalue weighted by Crippen LogP contribution is -2.10. The van der Waals surface area contributed by atoms with E-state index in [0.717, 1.165) is 22.4 Å². The van der Waals surface area contributed by atoms with Gasteiger partial charge in [-0.15, -0.1) is 0 Å². The number of ether oxygens (including phenoxy) is 2. The van der Waals surface area contributed by atoms with Crippen LogP contribution < -0.4 is 9.47 Å². The molecule has 4 aromatic rings. The molecule has 0 aromatic heterocycles. The average molecular weight is 437 g/mol. The first-order valence-electron chi connectivity index (χ1n) is 10.7. The summed E-state index contributed by atoms with van der Waals surface area (Å²) in [7, 11) is 1.65. The molecule has 0 fully saturated rings. The molecule has 1 atom stereocenters. The van der Waals surface area contributed by atoms with Crippen molar-refractivity contribution in [1.29, 1.82) is 0 Å². The zero-order valence-electron chi connectivity index (χ0n) is 18.5. The number of hydrogen-bond acceptors (Lipinski definition) is 4. The average Bonchev–Trinajstić information content (AvgIpc) is 2.86. The van der Waals surface area contributed by atoms with E-state index in [1.165, 1.54) is 6.92 Å². The minimum Gasteiger partial charge on any atom is -0.497 e. The highest BCUT2D eigenvalue weighted by atomic mass is 16.5. The predicted octanol–water partition coefficient (Wildman–Crippen LogP) is 6.30. The molecule has 0 amide bonds. The number of methoxy groups -OCH3 is 1. The van der Waals surface area contributed by atoms with Crippen LogP contribution in [0.4, 0.5) is 0 Å². The van der Waals surface area contributed by atoms with Crippen LogP contribution in [0, 0.1) is 0 Å². The van der Waals surface area contributed by atoms with Gasteiger partial charge in [0.2, 0.25) is 0 Å². The molecule has 164 valence electrons. The highest BCUT2D eigenvalue weighted by molar-refractivity contribution is 5.98. The summed E-state index contributed by atoms with van der Waals surface area (Å²) in [5.41, 5.74) is 4.18. The van der Waals surface area contributed by atoms with Crippen LogP contribution in [0.2, 0.25) is 0 Å². The van der Waals surface area contributed by atoms with Crippen LogP contribution in [0.25, 0.3) is 0 Å². The number of Topliss-reactive ketones (excluding diaryl/α,β-unsaturated/α-hetero) is 1. The van der Waals surface area contributed by atoms with Crippen LogP contribution in [-0.2, 0) is 0 Å². The fourth-order valence-corrected chi connectivity index (χ4v) is 3.78. The first-order chi connectivity index (χ1) is 16.0. The first kappa shape index (κ1) is 22.0.